The number of nitro benzene ring substituents is 1. The average Bonchev–Trinajstić information content (AvgIpc) is 2.72. The fourth-order valence-corrected chi connectivity index (χ4v) is 2.90. The smallest absolute Gasteiger partial charge is 0.270 e. The zero-order valence-electron chi connectivity index (χ0n) is 15.2. The quantitative estimate of drug-likeness (QED) is 0.364. The Bertz CT molecular complexity index is 1240. The molecule has 4 rings (SSSR count). The monoisotopic (exact) mass is 384 g/mol. The molecule has 29 heavy (non-hydrogen) atoms. The van der Waals surface area contributed by atoms with Gasteiger partial charge in [0.1, 0.15) is 11.6 Å². The highest BCUT2D eigenvalue weighted by molar-refractivity contribution is 5.91. The van der Waals surface area contributed by atoms with Crippen LogP contribution in [0, 0.1) is 10.1 Å². The summed E-state index contributed by atoms with van der Waals surface area (Å²) in [6, 6.07) is 20.7. The minimum absolute atomic E-state index is 0.0258. The van der Waals surface area contributed by atoms with Gasteiger partial charge in [-0.3, -0.25) is 10.1 Å². The predicted octanol–water partition coefficient (Wildman–Crippen LogP) is 5.16. The van der Waals surface area contributed by atoms with Crippen molar-refractivity contribution in [1.29, 1.82) is 0 Å². The number of phenolic OH excluding ortho intramolecular Hbond substituents is 1. The topological polar surface area (TPSA) is 101 Å². The van der Waals surface area contributed by atoms with E-state index < -0.39 is 4.92 Å². The van der Waals surface area contributed by atoms with E-state index in [2.05, 4.69) is 15.3 Å². The molecule has 0 atom stereocenters. The Morgan fingerprint density at radius 3 is 2.59 bits per heavy atom. The second kappa shape index (κ2) is 7.77. The summed E-state index contributed by atoms with van der Waals surface area (Å²) < 4.78 is 0. The van der Waals surface area contributed by atoms with E-state index in [0.29, 0.717) is 22.9 Å². The normalized spacial score (nSPS) is 11.0. The molecule has 0 spiro atoms. The molecule has 3 aromatic carbocycles. The lowest BCUT2D eigenvalue weighted by atomic mass is 10.2. The van der Waals surface area contributed by atoms with Crippen molar-refractivity contribution in [1.82, 2.24) is 9.97 Å². The van der Waals surface area contributed by atoms with Crippen LogP contribution in [0.1, 0.15) is 11.4 Å². The molecule has 0 saturated heterocycles. The number of nitro groups is 1. The molecule has 0 aliphatic rings. The van der Waals surface area contributed by atoms with Crippen LogP contribution in [-0.4, -0.2) is 20.0 Å². The Morgan fingerprint density at radius 1 is 0.931 bits per heavy atom. The highest BCUT2D eigenvalue weighted by Gasteiger charge is 2.08. The van der Waals surface area contributed by atoms with Gasteiger partial charge in [-0.25, -0.2) is 9.97 Å². The van der Waals surface area contributed by atoms with Crippen LogP contribution >= 0.6 is 0 Å². The fraction of sp³-hybridized carbons (Fsp3) is 0. The average molecular weight is 384 g/mol. The number of para-hydroxylation sites is 1. The van der Waals surface area contributed by atoms with Crippen LogP contribution in [0.2, 0.25) is 0 Å². The predicted molar refractivity (Wildman–Crippen MR) is 113 cm³/mol. The van der Waals surface area contributed by atoms with Crippen molar-refractivity contribution < 1.29 is 10.0 Å². The van der Waals surface area contributed by atoms with Gasteiger partial charge in [-0.2, -0.15) is 0 Å². The lowest BCUT2D eigenvalue weighted by molar-refractivity contribution is -0.384. The molecule has 0 aliphatic carbocycles. The number of rotatable bonds is 5. The summed E-state index contributed by atoms with van der Waals surface area (Å²) in [6.45, 7) is 0. The molecule has 7 heteroatoms. The van der Waals surface area contributed by atoms with Crippen molar-refractivity contribution in [2.75, 3.05) is 5.32 Å². The van der Waals surface area contributed by atoms with Gasteiger partial charge in [0.15, 0.2) is 5.82 Å². The van der Waals surface area contributed by atoms with E-state index >= 15 is 0 Å². The first-order chi connectivity index (χ1) is 14.1. The van der Waals surface area contributed by atoms with E-state index in [0.717, 1.165) is 10.9 Å². The Hall–Kier alpha value is -4.26. The van der Waals surface area contributed by atoms with E-state index in [1.807, 2.05) is 30.3 Å². The van der Waals surface area contributed by atoms with E-state index in [1.54, 1.807) is 42.5 Å². The number of anilines is 2. The number of aromatic hydroxyl groups is 1. The van der Waals surface area contributed by atoms with Crippen molar-refractivity contribution >= 4 is 40.2 Å². The van der Waals surface area contributed by atoms with Crippen LogP contribution in [0.15, 0.2) is 72.8 Å². The van der Waals surface area contributed by atoms with Gasteiger partial charge in [-0.1, -0.05) is 36.4 Å². The van der Waals surface area contributed by atoms with Crippen LogP contribution in [0.4, 0.5) is 17.2 Å². The van der Waals surface area contributed by atoms with Crippen molar-refractivity contribution in [3.8, 4) is 5.75 Å². The molecule has 1 heterocycles. The van der Waals surface area contributed by atoms with Crippen molar-refractivity contribution in [3.05, 3.63) is 94.3 Å². The Morgan fingerprint density at radius 2 is 1.76 bits per heavy atom. The summed E-state index contributed by atoms with van der Waals surface area (Å²) in [5.41, 5.74) is 2.16. The van der Waals surface area contributed by atoms with E-state index in [9.17, 15) is 15.2 Å². The third kappa shape index (κ3) is 4.19. The Balaban J connectivity index is 1.72. The third-order valence-electron chi connectivity index (χ3n) is 4.24. The molecule has 0 radical (unpaired) electrons. The van der Waals surface area contributed by atoms with Crippen molar-refractivity contribution in [3.63, 3.8) is 0 Å². The fourth-order valence-electron chi connectivity index (χ4n) is 2.90. The molecule has 0 aliphatic heterocycles. The van der Waals surface area contributed by atoms with Crippen LogP contribution < -0.4 is 5.32 Å². The lowest BCUT2D eigenvalue weighted by Crippen LogP contribution is -1.99. The van der Waals surface area contributed by atoms with E-state index in [4.69, 9.17) is 0 Å². The highest BCUT2D eigenvalue weighted by atomic mass is 16.6. The maximum absolute atomic E-state index is 10.9. The van der Waals surface area contributed by atoms with Crippen LogP contribution in [0.5, 0.6) is 5.75 Å². The second-order valence-corrected chi connectivity index (χ2v) is 6.31. The molecule has 2 N–H and O–H groups in total. The van der Waals surface area contributed by atoms with Crippen molar-refractivity contribution in [2.24, 2.45) is 0 Å². The molecule has 0 fully saturated rings. The SMILES string of the molecule is O=[N+]([O-])c1cccc(/C=C/c2nc(Nc3cccc(O)c3)c3ccccc3n2)c1. The second-order valence-electron chi connectivity index (χ2n) is 6.31. The molecule has 7 nitrogen and oxygen atoms in total. The summed E-state index contributed by atoms with van der Waals surface area (Å²) in [7, 11) is 0. The van der Waals surface area contributed by atoms with Gasteiger partial charge in [-0.15, -0.1) is 0 Å². The zero-order chi connectivity index (χ0) is 20.2. The van der Waals surface area contributed by atoms with Gasteiger partial charge < -0.3 is 10.4 Å². The zero-order valence-corrected chi connectivity index (χ0v) is 15.2. The number of hydrogen-bond donors (Lipinski definition) is 2. The van der Waals surface area contributed by atoms with Gasteiger partial charge in [0, 0.05) is 29.3 Å². The van der Waals surface area contributed by atoms with Crippen LogP contribution in [-0.2, 0) is 0 Å². The largest absolute Gasteiger partial charge is 0.508 e. The van der Waals surface area contributed by atoms with Gasteiger partial charge in [-0.05, 0) is 35.9 Å². The maximum atomic E-state index is 10.9. The number of phenols is 1. The molecule has 1 aromatic heterocycles. The van der Waals surface area contributed by atoms with Crippen LogP contribution in [0.25, 0.3) is 23.1 Å². The number of aromatic nitrogens is 2. The minimum Gasteiger partial charge on any atom is -0.508 e. The number of nitrogens with one attached hydrogen (secondary N) is 1. The van der Waals surface area contributed by atoms with Gasteiger partial charge in [0.25, 0.3) is 5.69 Å². The molecule has 0 amide bonds. The van der Waals surface area contributed by atoms with Crippen LogP contribution in [0.3, 0.4) is 0 Å². The van der Waals surface area contributed by atoms with Gasteiger partial charge in [0.05, 0.1) is 10.4 Å². The first-order valence-electron chi connectivity index (χ1n) is 8.84. The minimum atomic E-state index is -0.429. The standard InChI is InChI=1S/C22H16N4O3/c27-18-8-4-6-16(14-18)23-22-19-9-1-2-10-20(19)24-21(25-22)12-11-15-5-3-7-17(13-15)26(28)29/h1-14,27H,(H,23,24,25)/b12-11+. The van der Waals surface area contributed by atoms with E-state index in [1.165, 1.54) is 12.1 Å². The number of benzene rings is 3. The first kappa shape index (κ1) is 18.1. The number of fused-ring (bicyclic) bond motifs is 1. The third-order valence-corrected chi connectivity index (χ3v) is 4.24. The van der Waals surface area contributed by atoms with Gasteiger partial charge >= 0.3 is 0 Å². The number of non-ortho nitro benzene ring substituents is 1. The summed E-state index contributed by atoms with van der Waals surface area (Å²) in [6.07, 6.45) is 3.44. The number of nitrogens with zero attached hydrogens (tertiary/aromatic N) is 3. The summed E-state index contributed by atoms with van der Waals surface area (Å²) >= 11 is 0. The summed E-state index contributed by atoms with van der Waals surface area (Å²) in [5.74, 6) is 1.21. The van der Waals surface area contributed by atoms with Crippen molar-refractivity contribution in [2.45, 2.75) is 0 Å². The molecule has 4 aromatic rings. The maximum Gasteiger partial charge on any atom is 0.270 e. The van der Waals surface area contributed by atoms with E-state index in [-0.39, 0.29) is 11.4 Å². The highest BCUT2D eigenvalue weighted by Crippen LogP contribution is 2.26. The summed E-state index contributed by atoms with van der Waals surface area (Å²) in [4.78, 5) is 19.6. The summed E-state index contributed by atoms with van der Waals surface area (Å²) in [5, 5.41) is 24.7. The Labute approximate surface area is 166 Å². The molecular formula is C22H16N4O3. The number of hydrogen-bond acceptors (Lipinski definition) is 6. The Kier molecular flexibility index (Phi) is 4.86. The lowest BCUT2D eigenvalue weighted by Gasteiger charge is -2.10. The van der Waals surface area contributed by atoms with Gasteiger partial charge in [0.2, 0.25) is 0 Å². The molecular weight excluding hydrogens is 368 g/mol. The molecule has 0 unspecified atom stereocenters. The molecule has 0 saturated carbocycles. The molecule has 0 bridgehead atoms. The molecule has 142 valence electrons. The first-order valence-corrected chi connectivity index (χ1v) is 8.84.